The lowest BCUT2D eigenvalue weighted by atomic mass is 9.93. The van der Waals surface area contributed by atoms with Crippen LogP contribution in [-0.4, -0.2) is 93.1 Å². The van der Waals surface area contributed by atoms with Gasteiger partial charge in [0.05, 0.1) is 63.3 Å². The molecule has 0 radical (unpaired) electrons. The number of carbonyl (C=O) groups excluding carboxylic acids is 4. The van der Waals surface area contributed by atoms with Crippen molar-refractivity contribution in [2.24, 2.45) is 11.8 Å². The van der Waals surface area contributed by atoms with E-state index in [1.54, 1.807) is 0 Å². The summed E-state index contributed by atoms with van der Waals surface area (Å²) in [7, 11) is 2.58. The Morgan fingerprint density at radius 1 is 0.702 bits per heavy atom. The van der Waals surface area contributed by atoms with E-state index in [0.717, 1.165) is 70.5 Å². The predicted molar refractivity (Wildman–Crippen MR) is 211 cm³/mol. The Hall–Kier alpha value is -5.70. The zero-order valence-electron chi connectivity index (χ0n) is 33.4. The molecule has 2 fully saturated rings. The Balaban J connectivity index is 1.07. The lowest BCUT2D eigenvalue weighted by molar-refractivity contribution is -0.136. The van der Waals surface area contributed by atoms with Crippen LogP contribution in [0, 0.1) is 11.8 Å². The van der Waals surface area contributed by atoms with Crippen molar-refractivity contribution in [1.82, 2.24) is 40.4 Å². The van der Waals surface area contributed by atoms with Crippen LogP contribution in [0.5, 0.6) is 0 Å². The molecule has 0 saturated carbocycles. The van der Waals surface area contributed by atoms with Gasteiger partial charge in [-0.3, -0.25) is 9.59 Å². The Kier molecular flexibility index (Phi) is 11.7. The van der Waals surface area contributed by atoms with Crippen LogP contribution in [-0.2, 0) is 37.0 Å². The molecule has 15 nitrogen and oxygen atoms in total. The number of hydrogen-bond acceptors (Lipinski definition) is 9. The quantitative estimate of drug-likeness (QED) is 0.144. The van der Waals surface area contributed by atoms with Crippen LogP contribution in [0.15, 0.2) is 48.8 Å². The first-order valence-corrected chi connectivity index (χ1v) is 19.7. The van der Waals surface area contributed by atoms with E-state index in [-0.39, 0.29) is 35.7 Å². The first-order chi connectivity index (χ1) is 27.5. The van der Waals surface area contributed by atoms with E-state index in [9.17, 15) is 19.2 Å². The third-order valence-electron chi connectivity index (χ3n) is 11.3. The lowest BCUT2D eigenvalue weighted by Gasteiger charge is -2.30. The van der Waals surface area contributed by atoms with Crippen LogP contribution in [0.2, 0.25) is 0 Å². The minimum Gasteiger partial charge on any atom is -0.453 e. The summed E-state index contributed by atoms with van der Waals surface area (Å²) in [6.45, 7) is 9.64. The molecule has 1 unspecified atom stereocenters. The number of benzene rings is 2. The minimum atomic E-state index is -0.699. The highest BCUT2D eigenvalue weighted by Gasteiger charge is 2.39. The number of H-pyrrole nitrogens is 2. The van der Waals surface area contributed by atoms with Crippen LogP contribution >= 0.6 is 0 Å². The van der Waals surface area contributed by atoms with Crippen molar-refractivity contribution in [2.45, 2.75) is 90.8 Å². The second kappa shape index (κ2) is 16.8. The first-order valence-electron chi connectivity index (χ1n) is 19.7. The number of rotatable bonds is 10. The van der Waals surface area contributed by atoms with Crippen molar-refractivity contribution in [3.05, 3.63) is 71.6 Å². The standard InChI is InChI=1S/C42H52N8O7/c1-23(2)35(47-41(53)55-5)39(51)49-15-7-9-33(49)37-43-19-31(45-37)25-11-13-29-27(17-25)21-57-22-28-18-26(12-14-30(28)29)32-20-44-38(46-32)34-10-8-16-50(34)40(52)36(24(3)4)48-42(54)56-6/h11-14,17-20,23-24,33-36H,7-10,15-16,21-22H2,1-6H3,(H,43,45)(H,44,46)(H,47,53)(H,48,54)/t33-,34?,35-,36-/m0/s1. The molecule has 4 aromatic rings. The highest BCUT2D eigenvalue weighted by atomic mass is 16.5. The number of nitrogens with zero attached hydrogens (tertiary/aromatic N) is 4. The molecule has 3 aliphatic rings. The number of likely N-dealkylation sites (tertiary alicyclic amines) is 2. The molecule has 2 saturated heterocycles. The van der Waals surface area contributed by atoms with Crippen molar-refractivity contribution >= 4 is 24.0 Å². The summed E-state index contributed by atoms with van der Waals surface area (Å²) in [6, 6.07) is 10.8. The van der Waals surface area contributed by atoms with Crippen LogP contribution in [0.4, 0.5) is 9.59 Å². The van der Waals surface area contributed by atoms with Crippen LogP contribution in [0.3, 0.4) is 0 Å². The van der Waals surface area contributed by atoms with Gasteiger partial charge in [0.25, 0.3) is 0 Å². The molecule has 57 heavy (non-hydrogen) atoms. The molecular weight excluding hydrogens is 729 g/mol. The molecule has 7 rings (SSSR count). The molecule has 2 aromatic carbocycles. The van der Waals surface area contributed by atoms with Crippen molar-refractivity contribution in [3.63, 3.8) is 0 Å². The number of carbonyl (C=O) groups is 4. The molecule has 4 atom stereocenters. The highest BCUT2D eigenvalue weighted by molar-refractivity contribution is 5.87. The maximum absolute atomic E-state index is 13.6. The number of methoxy groups -OCH3 is 2. The van der Waals surface area contributed by atoms with Gasteiger partial charge in [0.2, 0.25) is 11.8 Å². The number of nitrogens with one attached hydrogen (secondary N) is 4. The molecule has 5 heterocycles. The van der Waals surface area contributed by atoms with Gasteiger partial charge < -0.3 is 44.6 Å². The van der Waals surface area contributed by atoms with E-state index < -0.39 is 24.3 Å². The number of amides is 4. The lowest BCUT2D eigenvalue weighted by Crippen LogP contribution is -2.51. The van der Waals surface area contributed by atoms with Gasteiger partial charge in [-0.05, 0) is 83.0 Å². The number of imidazole rings is 2. The number of aromatic amines is 2. The summed E-state index contributed by atoms with van der Waals surface area (Å²) < 4.78 is 15.8. The van der Waals surface area contributed by atoms with E-state index in [1.807, 2.05) is 49.9 Å². The number of fused-ring (bicyclic) bond motifs is 3. The van der Waals surface area contributed by atoms with Crippen molar-refractivity contribution in [3.8, 4) is 33.6 Å². The molecule has 4 amide bonds. The summed E-state index contributed by atoms with van der Waals surface area (Å²) >= 11 is 0. The fraction of sp³-hybridized carbons (Fsp3) is 0.476. The van der Waals surface area contributed by atoms with Crippen LogP contribution < -0.4 is 10.6 Å². The molecular formula is C42H52N8O7. The van der Waals surface area contributed by atoms with E-state index in [4.69, 9.17) is 24.2 Å². The second-order valence-corrected chi connectivity index (χ2v) is 15.7. The summed E-state index contributed by atoms with van der Waals surface area (Å²) in [4.78, 5) is 71.3. The molecule has 302 valence electrons. The van der Waals surface area contributed by atoms with E-state index >= 15 is 0 Å². The highest BCUT2D eigenvalue weighted by Crippen LogP contribution is 2.38. The number of ether oxygens (including phenoxy) is 3. The normalized spacial score (nSPS) is 18.8. The zero-order chi connectivity index (χ0) is 40.4. The molecule has 0 spiro atoms. The molecule has 3 aliphatic heterocycles. The second-order valence-electron chi connectivity index (χ2n) is 15.7. The fourth-order valence-corrected chi connectivity index (χ4v) is 8.25. The number of alkyl carbamates (subject to hydrolysis) is 2. The predicted octanol–water partition coefficient (Wildman–Crippen LogP) is 6.25. The first kappa shape index (κ1) is 39.5. The maximum atomic E-state index is 13.6. The van der Waals surface area contributed by atoms with Gasteiger partial charge in [0, 0.05) is 13.1 Å². The Morgan fingerprint density at radius 3 is 1.51 bits per heavy atom. The van der Waals surface area contributed by atoms with Crippen molar-refractivity contribution in [2.75, 3.05) is 27.3 Å². The van der Waals surface area contributed by atoms with Gasteiger partial charge in [0.1, 0.15) is 23.7 Å². The minimum absolute atomic E-state index is 0.115. The van der Waals surface area contributed by atoms with Crippen LogP contribution in [0.1, 0.15) is 88.2 Å². The van der Waals surface area contributed by atoms with E-state index in [2.05, 4.69) is 57.0 Å². The van der Waals surface area contributed by atoms with Gasteiger partial charge >= 0.3 is 12.2 Å². The molecule has 15 heteroatoms. The number of aromatic nitrogens is 4. The third-order valence-corrected chi connectivity index (χ3v) is 11.3. The van der Waals surface area contributed by atoms with Crippen molar-refractivity contribution in [1.29, 1.82) is 0 Å². The summed E-state index contributed by atoms with van der Waals surface area (Å²) in [5.74, 6) is 0.903. The molecule has 4 N–H and O–H groups in total. The van der Waals surface area contributed by atoms with E-state index in [1.165, 1.54) is 14.2 Å². The van der Waals surface area contributed by atoms with Crippen LogP contribution in [0.25, 0.3) is 33.6 Å². The van der Waals surface area contributed by atoms with Gasteiger partial charge in [0.15, 0.2) is 0 Å². The van der Waals surface area contributed by atoms with E-state index in [0.29, 0.717) is 38.0 Å². The Bertz CT molecular complexity index is 1980. The monoisotopic (exact) mass is 780 g/mol. The SMILES string of the molecule is COC(=O)N[C@H](C(=O)N1CCCC1c1ncc(-c2ccc3c(c2)COCc2cc(-c4cnc([C@@H]5CCCN5C(=O)[C@@H](NC(=O)OC)C(C)C)[nH]4)ccc2-3)[nH]1)C(C)C. The number of hydrogen-bond donors (Lipinski definition) is 4. The third kappa shape index (κ3) is 8.11. The summed E-state index contributed by atoms with van der Waals surface area (Å²) in [5, 5.41) is 5.40. The summed E-state index contributed by atoms with van der Waals surface area (Å²) in [5.41, 5.74) is 7.90. The zero-order valence-corrected chi connectivity index (χ0v) is 33.4. The average molecular weight is 781 g/mol. The van der Waals surface area contributed by atoms with Gasteiger partial charge in [-0.2, -0.15) is 0 Å². The van der Waals surface area contributed by atoms with Gasteiger partial charge in [-0.15, -0.1) is 0 Å². The Labute approximate surface area is 332 Å². The molecule has 0 bridgehead atoms. The van der Waals surface area contributed by atoms with Gasteiger partial charge in [-0.25, -0.2) is 19.6 Å². The molecule has 0 aliphatic carbocycles. The summed E-state index contributed by atoms with van der Waals surface area (Å²) in [6.07, 6.45) is 5.58. The maximum Gasteiger partial charge on any atom is 0.407 e. The van der Waals surface area contributed by atoms with Gasteiger partial charge in [-0.1, -0.05) is 52.0 Å². The molecule has 2 aromatic heterocycles. The largest absolute Gasteiger partial charge is 0.453 e. The average Bonchev–Trinajstić information content (AvgIpc) is 4.04. The van der Waals surface area contributed by atoms with Crippen molar-refractivity contribution < 1.29 is 33.4 Å². The Morgan fingerprint density at radius 2 is 1.12 bits per heavy atom. The smallest absolute Gasteiger partial charge is 0.407 e. The fourth-order valence-electron chi connectivity index (χ4n) is 8.25. The topological polar surface area (TPSA) is 184 Å².